The summed E-state index contributed by atoms with van der Waals surface area (Å²) in [5.74, 6) is 0.134. The minimum Gasteiger partial charge on any atom is -0.468 e. The summed E-state index contributed by atoms with van der Waals surface area (Å²) in [5.41, 5.74) is 0.440. The maximum absolute atomic E-state index is 12.3. The Morgan fingerprint density at radius 3 is 3.00 bits per heavy atom. The summed E-state index contributed by atoms with van der Waals surface area (Å²) in [7, 11) is 1.47. The average molecular weight is 314 g/mol. The van der Waals surface area contributed by atoms with Gasteiger partial charge in [0.15, 0.2) is 0 Å². The number of esters is 1. The predicted octanol–water partition coefficient (Wildman–Crippen LogP) is 2.56. The van der Waals surface area contributed by atoms with Crippen molar-refractivity contribution in [2.24, 2.45) is 5.92 Å². The Labute approximate surface area is 131 Å². The number of carbonyl (C=O) groups excluding carboxylic acids is 1. The van der Waals surface area contributed by atoms with Crippen LogP contribution in [0, 0.1) is 12.8 Å². The Kier molecular flexibility index (Phi) is 5.27. The van der Waals surface area contributed by atoms with Crippen molar-refractivity contribution in [1.82, 2.24) is 15.1 Å². The minimum absolute atomic E-state index is 0.137. The number of ether oxygens (including phenoxy) is 1. The van der Waals surface area contributed by atoms with E-state index in [0.29, 0.717) is 5.02 Å². The smallest absolute Gasteiger partial charge is 0.326 e. The van der Waals surface area contributed by atoms with E-state index in [-0.39, 0.29) is 11.9 Å². The van der Waals surface area contributed by atoms with Crippen molar-refractivity contribution in [3.8, 4) is 0 Å². The lowest BCUT2D eigenvalue weighted by Gasteiger charge is -2.33. The van der Waals surface area contributed by atoms with Crippen LogP contribution in [-0.4, -0.2) is 34.9 Å². The zero-order valence-electron chi connectivity index (χ0n) is 13.0. The molecule has 1 saturated carbocycles. The van der Waals surface area contributed by atoms with E-state index in [0.717, 1.165) is 44.5 Å². The number of likely N-dealkylation sites (N-methyl/N-ethyl adjacent to an activating group) is 1. The van der Waals surface area contributed by atoms with Crippen LogP contribution in [0.15, 0.2) is 6.20 Å². The lowest BCUT2D eigenvalue weighted by Crippen LogP contribution is -2.55. The van der Waals surface area contributed by atoms with E-state index in [9.17, 15) is 4.79 Å². The first-order valence-corrected chi connectivity index (χ1v) is 7.94. The highest BCUT2D eigenvalue weighted by atomic mass is 35.5. The number of nitrogens with zero attached hydrogens (tertiary/aromatic N) is 2. The van der Waals surface area contributed by atoms with Gasteiger partial charge in [-0.1, -0.05) is 24.9 Å². The van der Waals surface area contributed by atoms with Crippen LogP contribution in [0.2, 0.25) is 5.02 Å². The summed E-state index contributed by atoms with van der Waals surface area (Å²) in [6, 6.07) is 0. The fourth-order valence-corrected chi connectivity index (χ4v) is 3.61. The minimum atomic E-state index is -0.533. The molecule has 5 nitrogen and oxygen atoms in total. The standard InChI is InChI=1S/C15H24ClN3O2/c1-4-17-15(14(20)21-3)8-5-6-12(15)7-9-19-11(2)13(16)10-18-19/h10,12,17H,4-9H2,1-3H3. The van der Waals surface area contributed by atoms with Gasteiger partial charge in [0.25, 0.3) is 0 Å². The predicted molar refractivity (Wildman–Crippen MR) is 82.4 cm³/mol. The molecule has 1 aromatic rings. The van der Waals surface area contributed by atoms with Crippen LogP contribution >= 0.6 is 11.6 Å². The number of nitrogens with one attached hydrogen (secondary N) is 1. The van der Waals surface area contributed by atoms with Gasteiger partial charge in [0.1, 0.15) is 5.54 Å². The second kappa shape index (κ2) is 6.79. The van der Waals surface area contributed by atoms with Crippen LogP contribution in [0.25, 0.3) is 0 Å². The van der Waals surface area contributed by atoms with E-state index < -0.39 is 5.54 Å². The normalized spacial score (nSPS) is 25.2. The molecule has 1 aromatic heterocycles. The summed E-state index contributed by atoms with van der Waals surface area (Å²) >= 11 is 6.03. The van der Waals surface area contributed by atoms with Crippen molar-refractivity contribution in [3.63, 3.8) is 0 Å². The number of aromatic nitrogens is 2. The summed E-state index contributed by atoms with van der Waals surface area (Å²) in [6.45, 7) is 5.52. The van der Waals surface area contributed by atoms with Crippen molar-refractivity contribution < 1.29 is 9.53 Å². The Balaban J connectivity index is 2.10. The van der Waals surface area contributed by atoms with Crippen LogP contribution in [0.5, 0.6) is 0 Å². The van der Waals surface area contributed by atoms with E-state index in [2.05, 4.69) is 10.4 Å². The zero-order chi connectivity index (χ0) is 15.5. The van der Waals surface area contributed by atoms with Crippen LogP contribution in [0.4, 0.5) is 0 Å². The zero-order valence-corrected chi connectivity index (χ0v) is 13.7. The van der Waals surface area contributed by atoms with E-state index in [1.165, 1.54) is 7.11 Å². The molecule has 0 aliphatic heterocycles. The second-order valence-electron chi connectivity index (χ2n) is 5.67. The van der Waals surface area contributed by atoms with E-state index >= 15 is 0 Å². The molecule has 1 aliphatic carbocycles. The lowest BCUT2D eigenvalue weighted by molar-refractivity contribution is -0.150. The van der Waals surface area contributed by atoms with Crippen LogP contribution in [-0.2, 0) is 16.1 Å². The molecular weight excluding hydrogens is 290 g/mol. The third-order valence-electron chi connectivity index (χ3n) is 4.60. The highest BCUT2D eigenvalue weighted by Crippen LogP contribution is 2.39. The number of methoxy groups -OCH3 is 1. The highest BCUT2D eigenvalue weighted by molar-refractivity contribution is 6.31. The Hall–Kier alpha value is -1.07. The maximum Gasteiger partial charge on any atom is 0.326 e. The fraction of sp³-hybridized carbons (Fsp3) is 0.733. The number of hydrogen-bond acceptors (Lipinski definition) is 4. The molecule has 1 fully saturated rings. The van der Waals surface area contributed by atoms with E-state index in [1.54, 1.807) is 6.20 Å². The SMILES string of the molecule is CCNC1(C(=O)OC)CCCC1CCn1ncc(Cl)c1C. The molecule has 21 heavy (non-hydrogen) atoms. The maximum atomic E-state index is 12.3. The van der Waals surface area contributed by atoms with Crippen molar-refractivity contribution in [3.05, 3.63) is 16.9 Å². The Morgan fingerprint density at radius 2 is 2.43 bits per heavy atom. The molecule has 0 radical (unpaired) electrons. The molecule has 0 saturated heterocycles. The molecule has 0 spiro atoms. The molecule has 0 bridgehead atoms. The van der Waals surface area contributed by atoms with Crippen LogP contribution in [0.1, 0.15) is 38.3 Å². The lowest BCUT2D eigenvalue weighted by atomic mass is 9.84. The Morgan fingerprint density at radius 1 is 1.67 bits per heavy atom. The second-order valence-corrected chi connectivity index (χ2v) is 6.08. The summed E-state index contributed by atoms with van der Waals surface area (Å²) in [6.07, 6.45) is 5.49. The third-order valence-corrected chi connectivity index (χ3v) is 4.97. The number of hydrogen-bond donors (Lipinski definition) is 1. The largest absolute Gasteiger partial charge is 0.468 e. The summed E-state index contributed by atoms with van der Waals surface area (Å²) < 4.78 is 6.97. The van der Waals surface area contributed by atoms with Gasteiger partial charge >= 0.3 is 5.97 Å². The van der Waals surface area contributed by atoms with Gasteiger partial charge in [-0.15, -0.1) is 0 Å². The van der Waals surface area contributed by atoms with Gasteiger partial charge in [0.2, 0.25) is 0 Å². The molecule has 0 amide bonds. The molecule has 2 atom stereocenters. The van der Waals surface area contributed by atoms with Gasteiger partial charge in [0, 0.05) is 6.54 Å². The van der Waals surface area contributed by atoms with Gasteiger partial charge in [-0.05, 0) is 38.6 Å². The first-order valence-electron chi connectivity index (χ1n) is 7.56. The molecule has 1 heterocycles. The van der Waals surface area contributed by atoms with Crippen molar-refractivity contribution >= 4 is 17.6 Å². The number of rotatable bonds is 6. The topological polar surface area (TPSA) is 56.1 Å². The Bertz CT molecular complexity index is 503. The summed E-state index contributed by atoms with van der Waals surface area (Å²) in [4.78, 5) is 12.3. The number of carbonyl (C=O) groups is 1. The average Bonchev–Trinajstić information content (AvgIpc) is 3.03. The molecule has 0 aromatic carbocycles. The van der Waals surface area contributed by atoms with Gasteiger partial charge < -0.3 is 10.1 Å². The highest BCUT2D eigenvalue weighted by Gasteiger charge is 2.48. The molecule has 2 rings (SSSR count). The van der Waals surface area contributed by atoms with Gasteiger partial charge in [-0.2, -0.15) is 5.10 Å². The monoisotopic (exact) mass is 313 g/mol. The molecule has 6 heteroatoms. The third kappa shape index (κ3) is 3.09. The molecule has 118 valence electrons. The molecule has 1 N–H and O–H groups in total. The van der Waals surface area contributed by atoms with Crippen LogP contribution in [0.3, 0.4) is 0 Å². The molecular formula is C15H24ClN3O2. The van der Waals surface area contributed by atoms with Crippen molar-refractivity contribution in [1.29, 1.82) is 0 Å². The molecule has 2 unspecified atom stereocenters. The van der Waals surface area contributed by atoms with Crippen LogP contribution < -0.4 is 5.32 Å². The fourth-order valence-electron chi connectivity index (χ4n) is 3.47. The first-order chi connectivity index (χ1) is 10.0. The van der Waals surface area contributed by atoms with Gasteiger partial charge in [-0.3, -0.25) is 9.48 Å². The van der Waals surface area contributed by atoms with Crippen molar-refractivity contribution in [2.75, 3.05) is 13.7 Å². The van der Waals surface area contributed by atoms with E-state index in [1.807, 2.05) is 18.5 Å². The van der Waals surface area contributed by atoms with Crippen molar-refractivity contribution in [2.45, 2.75) is 51.6 Å². The first kappa shape index (κ1) is 16.3. The number of aryl methyl sites for hydroxylation is 1. The van der Waals surface area contributed by atoms with Gasteiger partial charge in [-0.25, -0.2) is 0 Å². The van der Waals surface area contributed by atoms with E-state index in [4.69, 9.17) is 16.3 Å². The quantitative estimate of drug-likeness (QED) is 0.820. The molecule has 1 aliphatic rings. The van der Waals surface area contributed by atoms with Gasteiger partial charge in [0.05, 0.1) is 24.0 Å². The number of halogens is 1. The summed E-state index contributed by atoms with van der Waals surface area (Å²) in [5, 5.41) is 8.36.